The van der Waals surface area contributed by atoms with Gasteiger partial charge in [-0.3, -0.25) is 4.99 Å². The number of aromatic hydroxyl groups is 2. The van der Waals surface area contributed by atoms with Crippen LogP contribution >= 0.6 is 0 Å². The maximum absolute atomic E-state index is 14.0. The molecule has 312 valence electrons. The summed E-state index contributed by atoms with van der Waals surface area (Å²) in [6, 6.07) is 26.4. The molecule has 3 aliphatic heterocycles. The third-order valence-electron chi connectivity index (χ3n) is 11.5. The lowest BCUT2D eigenvalue weighted by Gasteiger charge is -2.40. The zero-order valence-corrected chi connectivity index (χ0v) is 35.3. The van der Waals surface area contributed by atoms with Gasteiger partial charge >= 0.3 is 11.9 Å². The molecule has 0 amide bonds. The minimum Gasteiger partial charge on any atom is -0.506 e. The average Bonchev–Trinajstić information content (AvgIpc) is 3.22. The van der Waals surface area contributed by atoms with Gasteiger partial charge in [-0.25, -0.2) is 9.59 Å². The molecule has 5 aromatic rings. The van der Waals surface area contributed by atoms with Gasteiger partial charge in [0.05, 0.1) is 27.6 Å². The van der Waals surface area contributed by atoms with E-state index >= 15 is 0 Å². The van der Waals surface area contributed by atoms with Crippen LogP contribution in [0.1, 0.15) is 73.4 Å². The molecule has 0 saturated carbocycles. The standard InChI is InChI=1S/C51H46N4O7/c1-28-26-50(3,4)52-40-24-44-37(22-35(28)40)46(38-23-36-29(2)27-51(5,6)53-41(36)25-45(38)62-44)33-13-9-10-14-34(33)49(59)61-20-19-60-48(58)31-15-17-39(43(57)21-31)54-55-47-32-12-8-7-11-30(32)16-18-42(47)56/h7-18,21-27,37,44,52,56-57H,19-20H2,1-6H3. The maximum atomic E-state index is 14.0. The van der Waals surface area contributed by atoms with Crippen LogP contribution in [0.2, 0.25) is 0 Å². The minimum absolute atomic E-state index is 0.0590. The van der Waals surface area contributed by atoms with Gasteiger partial charge in [0.15, 0.2) is 0 Å². The summed E-state index contributed by atoms with van der Waals surface area (Å²) in [5.74, 6) is -1.21. The van der Waals surface area contributed by atoms with Crippen LogP contribution < -0.4 is 20.6 Å². The highest BCUT2D eigenvalue weighted by atomic mass is 16.6. The summed E-state index contributed by atoms with van der Waals surface area (Å²) < 4.78 is 18.0. The number of nitrogens with zero attached hydrogens (tertiary/aromatic N) is 3. The predicted octanol–water partition coefficient (Wildman–Crippen LogP) is 9.22. The molecule has 3 heterocycles. The second kappa shape index (κ2) is 15.3. The highest BCUT2D eigenvalue weighted by Gasteiger charge is 2.38. The minimum atomic E-state index is -0.724. The Hall–Kier alpha value is -7.27. The van der Waals surface area contributed by atoms with Crippen molar-refractivity contribution >= 4 is 45.2 Å². The Labute approximate surface area is 358 Å². The van der Waals surface area contributed by atoms with E-state index in [9.17, 15) is 19.8 Å². The van der Waals surface area contributed by atoms with Gasteiger partial charge in [-0.15, -0.1) is 10.2 Å². The molecule has 0 fully saturated rings. The molecule has 0 spiro atoms. The molecule has 0 radical (unpaired) electrons. The van der Waals surface area contributed by atoms with E-state index in [0.29, 0.717) is 22.3 Å². The van der Waals surface area contributed by atoms with E-state index < -0.39 is 11.9 Å². The molecule has 0 aromatic heterocycles. The number of azo groups is 1. The number of nitrogens with one attached hydrogen (secondary N) is 1. The fourth-order valence-electron chi connectivity index (χ4n) is 8.93. The van der Waals surface area contributed by atoms with Crippen LogP contribution in [0.3, 0.4) is 0 Å². The Morgan fingerprint density at radius 2 is 1.55 bits per heavy atom. The fraction of sp³-hybridized carbons (Fsp3) is 0.235. The lowest BCUT2D eigenvalue weighted by Crippen LogP contribution is -2.45. The van der Waals surface area contributed by atoms with E-state index in [-0.39, 0.29) is 64.8 Å². The van der Waals surface area contributed by atoms with Crippen LogP contribution in [0, 0.1) is 5.92 Å². The summed E-state index contributed by atoms with van der Waals surface area (Å²) in [5, 5.41) is 36.4. The van der Waals surface area contributed by atoms with E-state index in [1.54, 1.807) is 18.2 Å². The van der Waals surface area contributed by atoms with Crippen LogP contribution in [0.25, 0.3) is 21.9 Å². The Bertz CT molecular complexity index is 3030. The van der Waals surface area contributed by atoms with Crippen molar-refractivity contribution < 1.29 is 34.0 Å². The number of carbonyl (C=O) groups is 2. The number of ether oxygens (including phenoxy) is 3. The molecule has 11 heteroatoms. The summed E-state index contributed by atoms with van der Waals surface area (Å²) in [7, 11) is 0. The van der Waals surface area contributed by atoms with Crippen molar-refractivity contribution in [1.82, 2.24) is 5.32 Å². The molecular formula is C51H46N4O7. The van der Waals surface area contributed by atoms with E-state index in [2.05, 4.69) is 87.5 Å². The second-order valence-corrected chi connectivity index (χ2v) is 17.2. The first kappa shape index (κ1) is 40.2. The Morgan fingerprint density at radius 3 is 2.35 bits per heavy atom. The fourth-order valence-corrected chi connectivity index (χ4v) is 8.93. The molecule has 62 heavy (non-hydrogen) atoms. The van der Waals surface area contributed by atoms with Gasteiger partial charge in [-0.05, 0) is 117 Å². The Kier molecular flexibility index (Phi) is 9.93. The summed E-state index contributed by atoms with van der Waals surface area (Å²) in [6.07, 6.45) is 8.42. The number of phenolic OH excluding ortho intramolecular Hbond substituents is 2. The predicted molar refractivity (Wildman–Crippen MR) is 237 cm³/mol. The molecule has 1 aliphatic carbocycles. The van der Waals surface area contributed by atoms with Crippen molar-refractivity contribution in [2.24, 2.45) is 21.1 Å². The summed E-state index contributed by atoms with van der Waals surface area (Å²) in [6.45, 7) is 12.2. The molecule has 2 unspecified atom stereocenters. The number of phenols is 2. The maximum Gasteiger partial charge on any atom is 0.338 e. The van der Waals surface area contributed by atoms with Crippen molar-refractivity contribution in [2.45, 2.75) is 58.7 Å². The van der Waals surface area contributed by atoms with Crippen LogP contribution in [0.15, 0.2) is 147 Å². The lowest BCUT2D eigenvalue weighted by molar-refractivity contribution is 0.0265. The number of allylic oxidation sites excluding steroid dienone is 2. The van der Waals surface area contributed by atoms with E-state index in [4.69, 9.17) is 19.2 Å². The SMILES string of the molecule is CC1=CC(C)(C)NC2=CC3Oc4cc5c(cc4=C(c4ccccc4C(=O)OCCOC(=O)c4ccc(N=Nc6c(O)ccc7ccccc67)c(O)c4)C3C=C12)C(C)=CC(C)(C)N=5. The van der Waals surface area contributed by atoms with Gasteiger partial charge < -0.3 is 29.7 Å². The number of benzene rings is 5. The van der Waals surface area contributed by atoms with E-state index in [0.717, 1.165) is 49.5 Å². The molecule has 11 nitrogen and oxygen atoms in total. The molecule has 2 atom stereocenters. The van der Waals surface area contributed by atoms with Crippen molar-refractivity contribution in [3.8, 4) is 17.2 Å². The first-order chi connectivity index (χ1) is 29.6. The highest BCUT2D eigenvalue weighted by Crippen LogP contribution is 2.42. The number of carbonyl (C=O) groups excluding carboxylic acids is 2. The van der Waals surface area contributed by atoms with Crippen LogP contribution in [-0.4, -0.2) is 52.5 Å². The molecule has 5 aromatic carbocycles. The van der Waals surface area contributed by atoms with E-state index in [1.165, 1.54) is 24.3 Å². The normalized spacial score (nSPS) is 19.2. The van der Waals surface area contributed by atoms with Gasteiger partial charge in [-0.1, -0.05) is 66.8 Å². The third-order valence-corrected chi connectivity index (χ3v) is 11.5. The average molecular weight is 827 g/mol. The van der Waals surface area contributed by atoms with Crippen molar-refractivity contribution in [3.63, 3.8) is 0 Å². The molecule has 9 rings (SSSR count). The Morgan fingerprint density at radius 1 is 0.790 bits per heavy atom. The van der Waals surface area contributed by atoms with Crippen LogP contribution in [0.4, 0.5) is 11.4 Å². The summed E-state index contributed by atoms with van der Waals surface area (Å²) in [4.78, 5) is 32.1. The topological polar surface area (TPSA) is 151 Å². The number of esters is 2. The monoisotopic (exact) mass is 826 g/mol. The first-order valence-corrected chi connectivity index (χ1v) is 20.6. The number of rotatable bonds is 8. The van der Waals surface area contributed by atoms with E-state index in [1.807, 2.05) is 42.5 Å². The smallest absolute Gasteiger partial charge is 0.338 e. The number of hydrogen-bond acceptors (Lipinski definition) is 11. The molecular weight excluding hydrogens is 781 g/mol. The van der Waals surface area contributed by atoms with Gasteiger partial charge in [-0.2, -0.15) is 0 Å². The summed E-state index contributed by atoms with van der Waals surface area (Å²) in [5.41, 5.74) is 7.22. The van der Waals surface area contributed by atoms with Gasteiger partial charge in [0.1, 0.15) is 47.9 Å². The highest BCUT2D eigenvalue weighted by molar-refractivity contribution is 5.97. The quantitative estimate of drug-likeness (QED) is 0.0796. The number of hydrogen-bond donors (Lipinski definition) is 3. The van der Waals surface area contributed by atoms with Gasteiger partial charge in [0, 0.05) is 33.8 Å². The second-order valence-electron chi connectivity index (χ2n) is 17.2. The molecule has 0 saturated heterocycles. The van der Waals surface area contributed by atoms with Crippen LogP contribution in [-0.2, 0) is 9.47 Å². The first-order valence-electron chi connectivity index (χ1n) is 20.6. The van der Waals surface area contributed by atoms with Gasteiger partial charge in [0.2, 0.25) is 0 Å². The van der Waals surface area contributed by atoms with Crippen molar-refractivity contribution in [2.75, 3.05) is 13.2 Å². The van der Waals surface area contributed by atoms with Crippen LogP contribution in [0.5, 0.6) is 17.2 Å². The zero-order chi connectivity index (χ0) is 43.5. The number of fused-ring (bicyclic) bond motifs is 5. The zero-order valence-electron chi connectivity index (χ0n) is 35.3. The lowest BCUT2D eigenvalue weighted by atomic mass is 9.76. The van der Waals surface area contributed by atoms with Gasteiger partial charge in [0.25, 0.3) is 0 Å². The Balaban J connectivity index is 0.959. The van der Waals surface area contributed by atoms with Crippen molar-refractivity contribution in [3.05, 3.63) is 165 Å². The summed E-state index contributed by atoms with van der Waals surface area (Å²) >= 11 is 0. The molecule has 0 bridgehead atoms. The van der Waals surface area contributed by atoms with Crippen molar-refractivity contribution in [1.29, 1.82) is 0 Å². The third kappa shape index (κ3) is 7.55. The largest absolute Gasteiger partial charge is 0.506 e. The molecule has 4 aliphatic rings. The molecule has 3 N–H and O–H groups in total.